The number of rotatable bonds is 2. The third kappa shape index (κ3) is 2.44. The molecule has 14 heavy (non-hydrogen) atoms. The van der Waals surface area contributed by atoms with Crippen LogP contribution in [-0.2, 0) is 0 Å². The van der Waals surface area contributed by atoms with Gasteiger partial charge < -0.3 is 4.90 Å². The van der Waals surface area contributed by atoms with Crippen LogP contribution in [0, 0.1) is 5.92 Å². The Hall–Kier alpha value is -0.630. The second-order valence-electron chi connectivity index (χ2n) is 4.24. The molecule has 0 aromatic heterocycles. The Morgan fingerprint density at radius 3 is 2.50 bits per heavy atom. The molecule has 2 rings (SSSR count). The lowest BCUT2D eigenvalue weighted by Gasteiger charge is -2.30. The molecule has 0 saturated carbocycles. The summed E-state index contributed by atoms with van der Waals surface area (Å²) in [4.78, 5) is 2.39. The Bertz CT molecular complexity index is 228. The highest BCUT2D eigenvalue weighted by molar-refractivity contribution is 5.15. The fraction of sp³-hybridized carbons (Fsp3) is 0.667. The zero-order valence-electron chi connectivity index (χ0n) is 8.53. The molecule has 0 bridgehead atoms. The van der Waals surface area contributed by atoms with Gasteiger partial charge in [-0.3, -0.25) is 0 Å². The minimum atomic E-state index is -0.776. The van der Waals surface area contributed by atoms with Gasteiger partial charge in [0.15, 0.2) is 0 Å². The van der Waals surface area contributed by atoms with Gasteiger partial charge in [-0.15, -0.1) is 0 Å². The molecule has 0 spiro atoms. The van der Waals surface area contributed by atoms with Crippen molar-refractivity contribution in [1.82, 2.24) is 4.90 Å². The molecular formula is C12H18FN. The number of alkyl halides is 1. The van der Waals surface area contributed by atoms with Crippen molar-refractivity contribution in [2.45, 2.75) is 25.4 Å². The third-order valence-electron chi connectivity index (χ3n) is 3.09. The maximum absolute atomic E-state index is 13.4. The summed E-state index contributed by atoms with van der Waals surface area (Å²) in [5, 5.41) is 0. The van der Waals surface area contributed by atoms with E-state index < -0.39 is 6.17 Å². The molecule has 2 unspecified atom stereocenters. The van der Waals surface area contributed by atoms with E-state index in [2.05, 4.69) is 4.90 Å². The van der Waals surface area contributed by atoms with Crippen molar-refractivity contribution in [3.8, 4) is 0 Å². The minimum Gasteiger partial charge on any atom is -0.303 e. The lowest BCUT2D eigenvalue weighted by atomic mass is 9.97. The van der Waals surface area contributed by atoms with Crippen molar-refractivity contribution < 1.29 is 4.39 Å². The molecule has 1 saturated heterocycles. The largest absolute Gasteiger partial charge is 0.303 e. The Labute approximate surface area is 85.3 Å². The molecule has 0 N–H and O–H groups in total. The van der Waals surface area contributed by atoms with Gasteiger partial charge in [0.05, 0.1) is 0 Å². The quantitative estimate of drug-likeness (QED) is 0.654. The first-order valence-electron chi connectivity index (χ1n) is 5.58. The second-order valence-corrected chi connectivity index (χ2v) is 4.24. The van der Waals surface area contributed by atoms with Crippen LogP contribution in [0.25, 0.3) is 0 Å². The smallest absolute Gasteiger partial charge is 0.126 e. The Balaban J connectivity index is 1.83. The van der Waals surface area contributed by atoms with Crippen molar-refractivity contribution >= 4 is 0 Å². The first-order valence-corrected chi connectivity index (χ1v) is 5.58. The van der Waals surface area contributed by atoms with Crippen LogP contribution in [0.4, 0.5) is 4.39 Å². The van der Waals surface area contributed by atoms with Gasteiger partial charge >= 0.3 is 0 Å². The van der Waals surface area contributed by atoms with Crippen LogP contribution in [0.5, 0.6) is 0 Å². The predicted octanol–water partition coefficient (Wildman–Crippen LogP) is 2.55. The highest BCUT2D eigenvalue weighted by Crippen LogP contribution is 2.19. The van der Waals surface area contributed by atoms with Crippen molar-refractivity contribution in [2.24, 2.45) is 5.92 Å². The van der Waals surface area contributed by atoms with Gasteiger partial charge in [-0.2, -0.15) is 0 Å². The SMILES string of the molecule is FC1C=CC=CC1CN1CCCCC1. The molecule has 0 aromatic rings. The van der Waals surface area contributed by atoms with Crippen LogP contribution in [-0.4, -0.2) is 30.7 Å². The van der Waals surface area contributed by atoms with E-state index >= 15 is 0 Å². The Kier molecular flexibility index (Phi) is 3.35. The zero-order chi connectivity index (χ0) is 9.80. The monoisotopic (exact) mass is 195 g/mol. The summed E-state index contributed by atoms with van der Waals surface area (Å²) in [6.45, 7) is 3.20. The summed E-state index contributed by atoms with van der Waals surface area (Å²) in [5.41, 5.74) is 0. The van der Waals surface area contributed by atoms with Gasteiger partial charge in [0.25, 0.3) is 0 Å². The van der Waals surface area contributed by atoms with E-state index in [1.807, 2.05) is 12.2 Å². The van der Waals surface area contributed by atoms with Crippen molar-refractivity contribution in [1.29, 1.82) is 0 Å². The second kappa shape index (κ2) is 4.74. The van der Waals surface area contributed by atoms with Crippen molar-refractivity contribution in [2.75, 3.05) is 19.6 Å². The van der Waals surface area contributed by atoms with E-state index in [4.69, 9.17) is 0 Å². The van der Waals surface area contributed by atoms with Crippen LogP contribution in [0.15, 0.2) is 24.3 Å². The van der Waals surface area contributed by atoms with Gasteiger partial charge in [0.2, 0.25) is 0 Å². The molecule has 1 aliphatic carbocycles. The molecular weight excluding hydrogens is 177 g/mol. The number of allylic oxidation sites excluding steroid dienone is 3. The third-order valence-corrected chi connectivity index (χ3v) is 3.09. The fourth-order valence-corrected chi connectivity index (χ4v) is 2.23. The Morgan fingerprint density at radius 1 is 1.07 bits per heavy atom. The van der Waals surface area contributed by atoms with E-state index in [1.54, 1.807) is 12.2 Å². The van der Waals surface area contributed by atoms with E-state index in [0.717, 1.165) is 19.6 Å². The van der Waals surface area contributed by atoms with Gasteiger partial charge in [0, 0.05) is 12.5 Å². The molecule has 2 heteroatoms. The predicted molar refractivity (Wildman–Crippen MR) is 57.0 cm³/mol. The summed E-state index contributed by atoms with van der Waals surface area (Å²) in [6, 6.07) is 0. The molecule has 78 valence electrons. The van der Waals surface area contributed by atoms with Crippen LogP contribution in [0.1, 0.15) is 19.3 Å². The van der Waals surface area contributed by atoms with Crippen LogP contribution >= 0.6 is 0 Å². The molecule has 2 atom stereocenters. The Morgan fingerprint density at radius 2 is 1.79 bits per heavy atom. The maximum atomic E-state index is 13.4. The molecule has 0 aromatic carbocycles. The number of piperidine rings is 1. The van der Waals surface area contributed by atoms with E-state index in [-0.39, 0.29) is 5.92 Å². The number of hydrogen-bond acceptors (Lipinski definition) is 1. The number of likely N-dealkylation sites (tertiary alicyclic amines) is 1. The number of hydrogen-bond donors (Lipinski definition) is 0. The highest BCUT2D eigenvalue weighted by atomic mass is 19.1. The summed E-state index contributed by atoms with van der Waals surface area (Å²) in [6.07, 6.45) is 10.6. The van der Waals surface area contributed by atoms with Gasteiger partial charge in [0.1, 0.15) is 6.17 Å². The van der Waals surface area contributed by atoms with Crippen molar-refractivity contribution in [3.63, 3.8) is 0 Å². The summed E-state index contributed by atoms with van der Waals surface area (Å²) < 4.78 is 13.4. The van der Waals surface area contributed by atoms with Crippen LogP contribution < -0.4 is 0 Å². The number of halogens is 1. The standard InChI is InChI=1S/C12H18FN/c13-12-7-3-2-6-11(12)10-14-8-4-1-5-9-14/h2-3,6-7,11-12H,1,4-5,8-10H2. The van der Waals surface area contributed by atoms with Gasteiger partial charge in [-0.1, -0.05) is 30.7 Å². The lowest BCUT2D eigenvalue weighted by Crippen LogP contribution is -2.36. The molecule has 0 radical (unpaired) electrons. The van der Waals surface area contributed by atoms with E-state index in [1.165, 1.54) is 19.3 Å². The van der Waals surface area contributed by atoms with Crippen LogP contribution in [0.2, 0.25) is 0 Å². The average Bonchev–Trinajstić information content (AvgIpc) is 2.23. The lowest BCUT2D eigenvalue weighted by molar-refractivity contribution is 0.177. The normalized spacial score (nSPS) is 33.5. The molecule has 0 amide bonds. The molecule has 1 fully saturated rings. The summed E-state index contributed by atoms with van der Waals surface area (Å²) in [7, 11) is 0. The molecule has 1 heterocycles. The van der Waals surface area contributed by atoms with Crippen molar-refractivity contribution in [3.05, 3.63) is 24.3 Å². The fourth-order valence-electron chi connectivity index (χ4n) is 2.23. The number of nitrogens with zero attached hydrogens (tertiary/aromatic N) is 1. The summed E-state index contributed by atoms with van der Waals surface area (Å²) >= 11 is 0. The van der Waals surface area contributed by atoms with E-state index in [0.29, 0.717) is 0 Å². The first-order chi connectivity index (χ1) is 6.86. The zero-order valence-corrected chi connectivity index (χ0v) is 8.53. The maximum Gasteiger partial charge on any atom is 0.126 e. The summed E-state index contributed by atoms with van der Waals surface area (Å²) in [5.74, 6) is 0.0816. The molecule has 1 aliphatic heterocycles. The van der Waals surface area contributed by atoms with Crippen LogP contribution in [0.3, 0.4) is 0 Å². The average molecular weight is 195 g/mol. The van der Waals surface area contributed by atoms with Gasteiger partial charge in [-0.25, -0.2) is 4.39 Å². The van der Waals surface area contributed by atoms with Gasteiger partial charge in [-0.05, 0) is 25.9 Å². The minimum absolute atomic E-state index is 0.0816. The van der Waals surface area contributed by atoms with E-state index in [9.17, 15) is 4.39 Å². The topological polar surface area (TPSA) is 3.24 Å². The highest BCUT2D eigenvalue weighted by Gasteiger charge is 2.21. The molecule has 1 nitrogen and oxygen atoms in total. The first kappa shape index (κ1) is 9.91. The molecule has 2 aliphatic rings.